The van der Waals surface area contributed by atoms with Crippen molar-refractivity contribution in [3.63, 3.8) is 0 Å². The lowest BCUT2D eigenvalue weighted by Gasteiger charge is -2.11. The molecule has 0 radical (unpaired) electrons. The number of aryl methyl sites for hydroxylation is 2. The normalized spacial score (nSPS) is 10.9. The highest BCUT2D eigenvalue weighted by molar-refractivity contribution is 7.98. The Labute approximate surface area is 170 Å². The Morgan fingerprint density at radius 2 is 1.46 bits per heavy atom. The summed E-state index contributed by atoms with van der Waals surface area (Å²) in [4.78, 5) is 0. The van der Waals surface area contributed by atoms with Crippen LogP contribution in [0.15, 0.2) is 84.0 Å². The van der Waals surface area contributed by atoms with Crippen LogP contribution >= 0.6 is 11.8 Å². The van der Waals surface area contributed by atoms with E-state index in [1.165, 1.54) is 16.7 Å². The fraction of sp³-hybridized carbons (Fsp3) is 0.167. The molecule has 0 aliphatic rings. The monoisotopic (exact) mass is 385 g/mol. The first-order valence-corrected chi connectivity index (χ1v) is 10.5. The summed E-state index contributed by atoms with van der Waals surface area (Å²) in [7, 11) is 0. The molecule has 0 aliphatic heterocycles. The summed E-state index contributed by atoms with van der Waals surface area (Å²) >= 11 is 1.72. The van der Waals surface area contributed by atoms with Gasteiger partial charge in [-0.3, -0.25) is 4.57 Å². The molecule has 4 aromatic rings. The second kappa shape index (κ2) is 8.44. The van der Waals surface area contributed by atoms with Gasteiger partial charge >= 0.3 is 0 Å². The molecule has 0 unspecified atom stereocenters. The van der Waals surface area contributed by atoms with Crippen molar-refractivity contribution < 1.29 is 0 Å². The second-order valence-corrected chi connectivity index (χ2v) is 7.74. The van der Waals surface area contributed by atoms with Crippen molar-refractivity contribution in [3.05, 3.63) is 95.6 Å². The van der Waals surface area contributed by atoms with Crippen molar-refractivity contribution in [1.82, 2.24) is 14.8 Å². The first-order chi connectivity index (χ1) is 13.7. The molecule has 3 aromatic carbocycles. The zero-order valence-electron chi connectivity index (χ0n) is 16.2. The average Bonchev–Trinajstić information content (AvgIpc) is 3.18. The van der Waals surface area contributed by atoms with Crippen LogP contribution in [0.3, 0.4) is 0 Å². The van der Waals surface area contributed by atoms with E-state index in [0.29, 0.717) is 0 Å². The van der Waals surface area contributed by atoms with E-state index in [9.17, 15) is 0 Å². The van der Waals surface area contributed by atoms with E-state index in [1.54, 1.807) is 11.8 Å². The molecular weight excluding hydrogens is 362 g/mol. The molecule has 1 aromatic heterocycles. The topological polar surface area (TPSA) is 30.7 Å². The summed E-state index contributed by atoms with van der Waals surface area (Å²) in [6.07, 6.45) is 1.03. The lowest BCUT2D eigenvalue weighted by molar-refractivity contribution is 0.885. The Hall–Kier alpha value is -2.85. The number of nitrogens with zero attached hydrogens (tertiary/aromatic N) is 3. The summed E-state index contributed by atoms with van der Waals surface area (Å²) in [5.74, 6) is 1.73. The van der Waals surface area contributed by atoms with Crippen molar-refractivity contribution in [1.29, 1.82) is 0 Å². The maximum Gasteiger partial charge on any atom is 0.196 e. The van der Waals surface area contributed by atoms with E-state index in [2.05, 4.69) is 89.3 Å². The van der Waals surface area contributed by atoms with Crippen molar-refractivity contribution in [2.24, 2.45) is 0 Å². The van der Waals surface area contributed by atoms with E-state index in [0.717, 1.165) is 34.4 Å². The fourth-order valence-electron chi connectivity index (χ4n) is 3.08. The largest absolute Gasteiger partial charge is 0.270 e. The molecule has 140 valence electrons. The second-order valence-electron chi connectivity index (χ2n) is 6.80. The SMILES string of the molecule is CCc1ccc(-n2c(SCc3ccc(C)cc3)nnc2-c2ccccc2)cc1. The molecule has 0 saturated heterocycles. The predicted octanol–water partition coefficient (Wildman–Crippen LogP) is 6.10. The number of hydrogen-bond donors (Lipinski definition) is 0. The average molecular weight is 386 g/mol. The van der Waals surface area contributed by atoms with Gasteiger partial charge in [0.2, 0.25) is 0 Å². The summed E-state index contributed by atoms with van der Waals surface area (Å²) in [5, 5.41) is 9.95. The van der Waals surface area contributed by atoms with Gasteiger partial charge < -0.3 is 0 Å². The van der Waals surface area contributed by atoms with Gasteiger partial charge in [-0.25, -0.2) is 0 Å². The van der Waals surface area contributed by atoms with Gasteiger partial charge in [-0.15, -0.1) is 10.2 Å². The molecule has 28 heavy (non-hydrogen) atoms. The van der Waals surface area contributed by atoms with Crippen LogP contribution in [0.25, 0.3) is 17.1 Å². The standard InChI is InChI=1S/C24H23N3S/c1-3-19-13-15-22(16-14-19)27-23(21-7-5-4-6-8-21)25-26-24(27)28-17-20-11-9-18(2)10-12-20/h4-16H,3,17H2,1-2H3. The third kappa shape index (κ3) is 4.02. The zero-order chi connectivity index (χ0) is 19.3. The Bertz CT molecular complexity index is 1040. The number of thioether (sulfide) groups is 1. The van der Waals surface area contributed by atoms with Gasteiger partial charge in [0, 0.05) is 17.0 Å². The van der Waals surface area contributed by atoms with Crippen LogP contribution < -0.4 is 0 Å². The van der Waals surface area contributed by atoms with Gasteiger partial charge in [0.25, 0.3) is 0 Å². The van der Waals surface area contributed by atoms with Crippen molar-refractivity contribution in [2.45, 2.75) is 31.2 Å². The zero-order valence-corrected chi connectivity index (χ0v) is 17.0. The minimum atomic E-state index is 0.861. The van der Waals surface area contributed by atoms with Crippen LogP contribution in [0, 0.1) is 6.92 Å². The summed E-state index contributed by atoms with van der Waals surface area (Å²) < 4.78 is 2.16. The molecule has 4 rings (SSSR count). The maximum atomic E-state index is 4.52. The van der Waals surface area contributed by atoms with Crippen LogP contribution in [0.4, 0.5) is 0 Å². The molecule has 3 nitrogen and oxygen atoms in total. The van der Waals surface area contributed by atoms with Gasteiger partial charge in [0.15, 0.2) is 11.0 Å². The van der Waals surface area contributed by atoms with E-state index in [1.807, 2.05) is 18.2 Å². The Morgan fingerprint density at radius 1 is 0.786 bits per heavy atom. The fourth-order valence-corrected chi connectivity index (χ4v) is 3.99. The third-order valence-corrected chi connectivity index (χ3v) is 5.76. The molecule has 0 N–H and O–H groups in total. The van der Waals surface area contributed by atoms with Crippen molar-refractivity contribution in [2.75, 3.05) is 0 Å². The summed E-state index contributed by atoms with van der Waals surface area (Å²) in [6, 6.07) is 27.6. The number of rotatable bonds is 6. The van der Waals surface area contributed by atoms with E-state index >= 15 is 0 Å². The first kappa shape index (κ1) is 18.5. The number of benzene rings is 3. The van der Waals surface area contributed by atoms with Gasteiger partial charge in [-0.2, -0.15) is 0 Å². The quantitative estimate of drug-likeness (QED) is 0.376. The lowest BCUT2D eigenvalue weighted by Crippen LogP contribution is -2.00. The van der Waals surface area contributed by atoms with Crippen molar-refractivity contribution >= 4 is 11.8 Å². The molecule has 1 heterocycles. The Balaban J connectivity index is 1.71. The molecule has 0 fully saturated rings. The molecule has 0 amide bonds. The van der Waals surface area contributed by atoms with Crippen LogP contribution in [0.1, 0.15) is 23.6 Å². The Kier molecular flexibility index (Phi) is 5.58. The highest BCUT2D eigenvalue weighted by Gasteiger charge is 2.16. The summed E-state index contributed by atoms with van der Waals surface area (Å²) in [5.41, 5.74) is 6.04. The van der Waals surface area contributed by atoms with E-state index < -0.39 is 0 Å². The van der Waals surface area contributed by atoms with Crippen LogP contribution in [-0.2, 0) is 12.2 Å². The van der Waals surface area contributed by atoms with Gasteiger partial charge in [-0.1, -0.05) is 91.0 Å². The molecule has 0 atom stereocenters. The van der Waals surface area contributed by atoms with Crippen LogP contribution in [0.5, 0.6) is 0 Å². The van der Waals surface area contributed by atoms with Crippen molar-refractivity contribution in [3.8, 4) is 17.1 Å². The Morgan fingerprint density at radius 3 is 2.14 bits per heavy atom. The molecular formula is C24H23N3S. The number of aromatic nitrogens is 3. The minimum absolute atomic E-state index is 0.861. The minimum Gasteiger partial charge on any atom is -0.270 e. The smallest absolute Gasteiger partial charge is 0.196 e. The molecule has 4 heteroatoms. The van der Waals surface area contributed by atoms with Crippen LogP contribution in [-0.4, -0.2) is 14.8 Å². The lowest BCUT2D eigenvalue weighted by atomic mass is 10.1. The van der Waals surface area contributed by atoms with Gasteiger partial charge in [-0.05, 0) is 36.6 Å². The maximum absolute atomic E-state index is 4.52. The van der Waals surface area contributed by atoms with Gasteiger partial charge in [0.05, 0.1) is 0 Å². The predicted molar refractivity (Wildman–Crippen MR) is 117 cm³/mol. The molecule has 0 aliphatic carbocycles. The summed E-state index contributed by atoms with van der Waals surface area (Å²) in [6.45, 7) is 4.28. The van der Waals surface area contributed by atoms with Crippen LogP contribution in [0.2, 0.25) is 0 Å². The van der Waals surface area contributed by atoms with E-state index in [4.69, 9.17) is 0 Å². The first-order valence-electron chi connectivity index (χ1n) is 9.53. The molecule has 0 bridgehead atoms. The highest BCUT2D eigenvalue weighted by atomic mass is 32.2. The molecule has 0 saturated carbocycles. The number of hydrogen-bond acceptors (Lipinski definition) is 3. The van der Waals surface area contributed by atoms with E-state index in [-0.39, 0.29) is 0 Å². The molecule has 0 spiro atoms. The van der Waals surface area contributed by atoms with Gasteiger partial charge in [0.1, 0.15) is 0 Å². The highest BCUT2D eigenvalue weighted by Crippen LogP contribution is 2.30. The third-order valence-electron chi connectivity index (χ3n) is 4.76.